The highest BCUT2D eigenvalue weighted by molar-refractivity contribution is 4.52. The molecule has 0 aliphatic rings. The van der Waals surface area contributed by atoms with Crippen molar-refractivity contribution in [2.75, 3.05) is 0 Å². The van der Waals surface area contributed by atoms with Gasteiger partial charge in [-0.1, -0.05) is 0 Å². The van der Waals surface area contributed by atoms with Gasteiger partial charge in [0.1, 0.15) is 0 Å². The van der Waals surface area contributed by atoms with Crippen LogP contribution in [0.1, 0.15) is 13.8 Å². The Hall–Kier alpha value is -0.500. The molecule has 0 atom stereocenters. The molecule has 0 unspecified atom stereocenters. The maximum Gasteiger partial charge on any atom is 0.490 e. The van der Waals surface area contributed by atoms with Gasteiger partial charge in [-0.05, 0) is 13.8 Å². The van der Waals surface area contributed by atoms with Crippen molar-refractivity contribution < 1.29 is 31.2 Å². The maximum atomic E-state index is 11.7. The van der Waals surface area contributed by atoms with Gasteiger partial charge in [0.15, 0.2) is 0 Å². The van der Waals surface area contributed by atoms with E-state index in [9.17, 15) is 26.3 Å². The largest absolute Gasteiger partial charge is 0.490 e. The zero-order valence-electron chi connectivity index (χ0n) is 6.70. The van der Waals surface area contributed by atoms with Crippen LogP contribution in [0.3, 0.4) is 0 Å². The Kier molecular flexibility index (Phi) is 3.56. The van der Waals surface area contributed by atoms with E-state index in [4.69, 9.17) is 0 Å². The fourth-order valence-electron chi connectivity index (χ4n) is 0.474. The molecule has 0 saturated heterocycles. The first-order valence-corrected chi connectivity index (χ1v) is 3.15. The first-order valence-electron chi connectivity index (χ1n) is 3.15. The number of hydrogen-bond acceptors (Lipinski definition) is 2. The molecule has 0 heterocycles. The van der Waals surface area contributed by atoms with Gasteiger partial charge in [-0.2, -0.15) is 26.3 Å². The Morgan fingerprint density at radius 1 is 0.923 bits per heavy atom. The average Bonchev–Trinajstić information content (AvgIpc) is 1.77. The monoisotopic (exact) mass is 211 g/mol. The van der Waals surface area contributed by atoms with E-state index < -0.39 is 23.8 Å². The Balaban J connectivity index is 4.58. The summed E-state index contributed by atoms with van der Waals surface area (Å²) in [4.78, 5) is 3.56. The van der Waals surface area contributed by atoms with Gasteiger partial charge in [0.25, 0.3) is 0 Å². The van der Waals surface area contributed by atoms with Crippen molar-refractivity contribution in [3.8, 4) is 0 Å². The lowest BCUT2D eigenvalue weighted by atomic mass is 10.5. The van der Waals surface area contributed by atoms with Crippen LogP contribution in [0.25, 0.3) is 0 Å². The van der Waals surface area contributed by atoms with Crippen LogP contribution >= 0.6 is 0 Å². The third-order valence-corrected chi connectivity index (χ3v) is 0.777. The summed E-state index contributed by atoms with van der Waals surface area (Å²) in [6.07, 6.45) is -12.4. The molecule has 0 aliphatic heterocycles. The van der Waals surface area contributed by atoms with E-state index in [-0.39, 0.29) is 0 Å². The third kappa shape index (κ3) is 4.32. The predicted octanol–water partition coefficient (Wildman–Crippen LogP) is 2.67. The van der Waals surface area contributed by atoms with E-state index in [1.54, 1.807) is 0 Å². The summed E-state index contributed by atoms with van der Waals surface area (Å²) in [6, 6.07) is 0. The van der Waals surface area contributed by atoms with Crippen molar-refractivity contribution in [3.05, 3.63) is 0 Å². The molecule has 0 fully saturated rings. The molecule has 0 N–H and O–H groups in total. The van der Waals surface area contributed by atoms with Crippen molar-refractivity contribution in [1.29, 1.82) is 0 Å². The molecule has 0 aliphatic carbocycles. The minimum atomic E-state index is -5.58. The fraction of sp³-hybridized carbons (Fsp3) is 1.00. The molecule has 0 amide bonds. The topological polar surface area (TPSA) is 12.5 Å². The molecule has 13 heavy (non-hydrogen) atoms. The van der Waals surface area contributed by atoms with Gasteiger partial charge in [-0.3, -0.25) is 4.84 Å². The van der Waals surface area contributed by atoms with E-state index in [1.807, 2.05) is 0 Å². The fourth-order valence-corrected chi connectivity index (χ4v) is 0.474. The van der Waals surface area contributed by atoms with Crippen LogP contribution in [0, 0.1) is 0 Å². The number of halogens is 6. The highest BCUT2D eigenvalue weighted by atomic mass is 19.4. The molecule has 0 saturated carbocycles. The molecular formula is C5H7F6NO. The number of rotatable bonds is 2. The summed E-state index contributed by atoms with van der Waals surface area (Å²) in [5.74, 6) is 0. The van der Waals surface area contributed by atoms with E-state index in [1.165, 1.54) is 0 Å². The molecule has 8 heteroatoms. The zero-order valence-corrected chi connectivity index (χ0v) is 6.70. The van der Waals surface area contributed by atoms with Crippen LogP contribution in [0.15, 0.2) is 0 Å². The molecule has 2 nitrogen and oxygen atoms in total. The summed E-state index contributed by atoms with van der Waals surface area (Å²) >= 11 is 0. The lowest BCUT2D eigenvalue weighted by Gasteiger charge is -2.26. The zero-order chi connectivity index (χ0) is 10.9. The molecule has 0 radical (unpaired) electrons. The third-order valence-electron chi connectivity index (χ3n) is 0.777. The molecule has 80 valence electrons. The summed E-state index contributed by atoms with van der Waals surface area (Å²) in [6.45, 7) is 2.12. The number of hydroxylamine groups is 2. The second-order valence-corrected chi connectivity index (χ2v) is 2.38. The highest BCUT2D eigenvalue weighted by Crippen LogP contribution is 2.33. The van der Waals surface area contributed by atoms with Gasteiger partial charge in [-0.15, -0.1) is 0 Å². The van der Waals surface area contributed by atoms with E-state index in [0.29, 0.717) is 0 Å². The minimum absolute atomic E-state index is 1.06. The van der Waals surface area contributed by atoms with Gasteiger partial charge in [0.05, 0.1) is 6.10 Å². The molecule has 0 bridgehead atoms. The van der Waals surface area contributed by atoms with Crippen LogP contribution in [-0.4, -0.2) is 23.8 Å². The second-order valence-electron chi connectivity index (χ2n) is 2.38. The van der Waals surface area contributed by atoms with Crippen molar-refractivity contribution in [2.45, 2.75) is 32.6 Å². The predicted molar refractivity (Wildman–Crippen MR) is 30.2 cm³/mol. The van der Waals surface area contributed by atoms with Crippen LogP contribution in [0.5, 0.6) is 0 Å². The van der Waals surface area contributed by atoms with Gasteiger partial charge < -0.3 is 0 Å². The lowest BCUT2D eigenvalue weighted by molar-refractivity contribution is -0.489. The molecular weight excluding hydrogens is 204 g/mol. The number of alkyl halides is 6. The van der Waals surface area contributed by atoms with Crippen LogP contribution in [0.4, 0.5) is 26.3 Å². The molecule has 0 aromatic carbocycles. The molecule has 0 rings (SSSR count). The van der Waals surface area contributed by atoms with Crippen molar-refractivity contribution in [1.82, 2.24) is 5.06 Å². The lowest BCUT2D eigenvalue weighted by Crippen LogP contribution is -2.49. The maximum absolute atomic E-state index is 11.7. The van der Waals surface area contributed by atoms with E-state index >= 15 is 0 Å². The Morgan fingerprint density at radius 3 is 1.31 bits per heavy atom. The first kappa shape index (κ1) is 12.5. The van der Waals surface area contributed by atoms with Crippen molar-refractivity contribution >= 4 is 0 Å². The van der Waals surface area contributed by atoms with Crippen LogP contribution in [-0.2, 0) is 4.84 Å². The number of hydrogen-bond donors (Lipinski definition) is 0. The average molecular weight is 211 g/mol. The van der Waals surface area contributed by atoms with E-state index in [2.05, 4.69) is 4.84 Å². The summed E-state index contributed by atoms with van der Waals surface area (Å²) in [7, 11) is 0. The van der Waals surface area contributed by atoms with Crippen LogP contribution in [0.2, 0.25) is 0 Å². The Labute approximate surface area is 70.0 Å². The van der Waals surface area contributed by atoms with Crippen LogP contribution < -0.4 is 0 Å². The molecule has 0 aromatic heterocycles. The standard InChI is InChI=1S/C5H7F6NO/c1-3(2)13-12(4(6,7)8)5(9,10)11/h3H,1-2H3. The van der Waals surface area contributed by atoms with Crippen molar-refractivity contribution in [2.24, 2.45) is 0 Å². The normalized spacial score (nSPS) is 14.3. The quantitative estimate of drug-likeness (QED) is 0.395. The number of nitrogens with zero attached hydrogens (tertiary/aromatic N) is 1. The van der Waals surface area contributed by atoms with Gasteiger partial charge >= 0.3 is 12.6 Å². The van der Waals surface area contributed by atoms with Gasteiger partial charge in [-0.25, -0.2) is 0 Å². The van der Waals surface area contributed by atoms with E-state index in [0.717, 1.165) is 13.8 Å². The molecule has 0 spiro atoms. The first-order chi connectivity index (χ1) is 5.55. The smallest absolute Gasteiger partial charge is 0.281 e. The highest BCUT2D eigenvalue weighted by Gasteiger charge is 2.56. The van der Waals surface area contributed by atoms with Crippen molar-refractivity contribution in [3.63, 3.8) is 0 Å². The summed E-state index contributed by atoms with van der Waals surface area (Å²) in [5.41, 5.74) is 0. The second kappa shape index (κ2) is 3.70. The Morgan fingerprint density at radius 2 is 1.23 bits per heavy atom. The Bertz CT molecular complexity index is 147. The minimum Gasteiger partial charge on any atom is -0.281 e. The summed E-state index contributed by atoms with van der Waals surface area (Å²) in [5, 5.41) is -1.93. The molecule has 0 aromatic rings. The van der Waals surface area contributed by atoms with Gasteiger partial charge in [0, 0.05) is 5.06 Å². The SMILES string of the molecule is CC(C)ON(C(F)(F)F)C(F)(F)F. The van der Waals surface area contributed by atoms with Gasteiger partial charge in [0.2, 0.25) is 0 Å². The summed E-state index contributed by atoms with van der Waals surface area (Å²) < 4.78 is 69.9.